The number of hydrogen-bond acceptors (Lipinski definition) is 3. The number of nitriles is 1. The minimum atomic E-state index is 0.707. The van der Waals surface area contributed by atoms with Gasteiger partial charge in [-0.3, -0.25) is 4.90 Å². The van der Waals surface area contributed by atoms with Crippen LogP contribution < -0.4 is 4.74 Å². The first-order valence-electron chi connectivity index (χ1n) is 6.59. The third-order valence-electron chi connectivity index (χ3n) is 3.36. The molecule has 3 heteroatoms. The Morgan fingerprint density at radius 3 is 2.78 bits per heavy atom. The van der Waals surface area contributed by atoms with Gasteiger partial charge in [-0.25, -0.2) is 0 Å². The van der Waals surface area contributed by atoms with Crippen molar-refractivity contribution in [3.05, 3.63) is 29.3 Å². The molecular formula is C15H20N2O. The Labute approximate surface area is 109 Å². The minimum absolute atomic E-state index is 0.707. The van der Waals surface area contributed by atoms with Crippen LogP contribution in [0.4, 0.5) is 0 Å². The van der Waals surface area contributed by atoms with Gasteiger partial charge in [0.2, 0.25) is 0 Å². The zero-order valence-electron chi connectivity index (χ0n) is 11.1. The molecule has 3 nitrogen and oxygen atoms in total. The van der Waals surface area contributed by atoms with Crippen molar-refractivity contribution in [3.8, 4) is 11.8 Å². The van der Waals surface area contributed by atoms with E-state index < -0.39 is 0 Å². The molecule has 1 aliphatic rings. The average Bonchev–Trinajstić information content (AvgIpc) is 3.22. The molecule has 1 aromatic rings. The van der Waals surface area contributed by atoms with Gasteiger partial charge in [-0.05, 0) is 44.0 Å². The highest BCUT2D eigenvalue weighted by Crippen LogP contribution is 2.30. The molecule has 18 heavy (non-hydrogen) atoms. The Bertz CT molecular complexity index is 446. The molecule has 2 rings (SSSR count). The molecule has 1 aliphatic carbocycles. The number of ether oxygens (including phenoxy) is 1. The summed E-state index contributed by atoms with van der Waals surface area (Å²) < 4.78 is 5.39. The average molecular weight is 244 g/mol. The highest BCUT2D eigenvalue weighted by molar-refractivity contribution is 5.42. The van der Waals surface area contributed by atoms with Gasteiger partial charge >= 0.3 is 0 Å². The third-order valence-corrected chi connectivity index (χ3v) is 3.36. The van der Waals surface area contributed by atoms with Crippen LogP contribution in [0.25, 0.3) is 0 Å². The molecule has 1 aromatic carbocycles. The highest BCUT2D eigenvalue weighted by atomic mass is 16.5. The number of methoxy groups -OCH3 is 1. The molecule has 96 valence electrons. The van der Waals surface area contributed by atoms with Crippen molar-refractivity contribution in [3.63, 3.8) is 0 Å². The normalized spacial score (nSPS) is 14.6. The van der Waals surface area contributed by atoms with Crippen molar-refractivity contribution < 1.29 is 4.74 Å². The lowest BCUT2D eigenvalue weighted by atomic mass is 10.1. The maximum absolute atomic E-state index is 8.98. The lowest BCUT2D eigenvalue weighted by molar-refractivity contribution is 0.251. The van der Waals surface area contributed by atoms with E-state index in [2.05, 4.69) is 17.9 Å². The molecule has 0 atom stereocenters. The zero-order chi connectivity index (χ0) is 13.0. The van der Waals surface area contributed by atoms with Gasteiger partial charge in [0.1, 0.15) is 5.75 Å². The SMILES string of the molecule is CCCN(Cc1cc(C#N)ccc1OC)C1CC1. The predicted octanol–water partition coefficient (Wildman–Crippen LogP) is 2.94. The van der Waals surface area contributed by atoms with Gasteiger partial charge in [-0.2, -0.15) is 5.26 Å². The van der Waals surface area contributed by atoms with Crippen molar-refractivity contribution in [2.45, 2.75) is 38.8 Å². The number of benzene rings is 1. The molecule has 0 aromatic heterocycles. The molecule has 0 aliphatic heterocycles. The second kappa shape index (κ2) is 5.88. The Kier molecular flexibility index (Phi) is 4.22. The molecule has 0 amide bonds. The maximum atomic E-state index is 8.98. The summed E-state index contributed by atoms with van der Waals surface area (Å²) >= 11 is 0. The molecular weight excluding hydrogens is 224 g/mol. The van der Waals surface area contributed by atoms with Crippen LogP contribution >= 0.6 is 0 Å². The highest BCUT2D eigenvalue weighted by Gasteiger charge is 2.28. The van der Waals surface area contributed by atoms with Gasteiger partial charge in [0.25, 0.3) is 0 Å². The van der Waals surface area contributed by atoms with E-state index in [0.29, 0.717) is 5.56 Å². The monoisotopic (exact) mass is 244 g/mol. The Morgan fingerprint density at radius 1 is 1.44 bits per heavy atom. The predicted molar refractivity (Wildman–Crippen MR) is 71.4 cm³/mol. The lowest BCUT2D eigenvalue weighted by Gasteiger charge is -2.22. The van der Waals surface area contributed by atoms with Crippen LogP contribution in [0.2, 0.25) is 0 Å². The van der Waals surface area contributed by atoms with Gasteiger partial charge in [0.05, 0.1) is 18.7 Å². The van der Waals surface area contributed by atoms with Gasteiger partial charge < -0.3 is 4.74 Å². The first-order chi connectivity index (χ1) is 8.78. The Balaban J connectivity index is 2.17. The van der Waals surface area contributed by atoms with E-state index in [9.17, 15) is 0 Å². The van der Waals surface area contributed by atoms with E-state index in [4.69, 9.17) is 10.00 Å². The topological polar surface area (TPSA) is 36.3 Å². The van der Waals surface area contributed by atoms with E-state index in [-0.39, 0.29) is 0 Å². The number of nitrogens with zero attached hydrogens (tertiary/aromatic N) is 2. The fourth-order valence-electron chi connectivity index (χ4n) is 2.31. The smallest absolute Gasteiger partial charge is 0.123 e. The summed E-state index contributed by atoms with van der Waals surface area (Å²) in [6.45, 7) is 4.21. The van der Waals surface area contributed by atoms with Crippen molar-refractivity contribution >= 4 is 0 Å². The Morgan fingerprint density at radius 2 is 2.22 bits per heavy atom. The van der Waals surface area contributed by atoms with Crippen LogP contribution in [-0.4, -0.2) is 24.6 Å². The van der Waals surface area contributed by atoms with Gasteiger partial charge in [-0.1, -0.05) is 6.92 Å². The maximum Gasteiger partial charge on any atom is 0.123 e. The number of hydrogen-bond donors (Lipinski definition) is 0. The molecule has 0 saturated heterocycles. The second-order valence-electron chi connectivity index (χ2n) is 4.84. The van der Waals surface area contributed by atoms with Crippen LogP contribution in [-0.2, 0) is 6.54 Å². The van der Waals surface area contributed by atoms with E-state index in [1.807, 2.05) is 18.2 Å². The fourth-order valence-corrected chi connectivity index (χ4v) is 2.31. The zero-order valence-corrected chi connectivity index (χ0v) is 11.1. The summed E-state index contributed by atoms with van der Waals surface area (Å²) in [6, 6.07) is 8.58. The van der Waals surface area contributed by atoms with E-state index in [1.165, 1.54) is 12.8 Å². The molecule has 0 radical (unpaired) electrons. The van der Waals surface area contributed by atoms with Crippen LogP contribution in [0.15, 0.2) is 18.2 Å². The Hall–Kier alpha value is -1.53. The lowest BCUT2D eigenvalue weighted by Crippen LogP contribution is -2.26. The van der Waals surface area contributed by atoms with Gasteiger partial charge in [0, 0.05) is 18.2 Å². The van der Waals surface area contributed by atoms with Crippen LogP contribution in [0.1, 0.15) is 37.3 Å². The first-order valence-corrected chi connectivity index (χ1v) is 6.59. The van der Waals surface area contributed by atoms with E-state index in [1.54, 1.807) is 7.11 Å². The third kappa shape index (κ3) is 3.02. The van der Waals surface area contributed by atoms with Crippen LogP contribution in [0.3, 0.4) is 0 Å². The molecule has 0 bridgehead atoms. The molecule has 0 spiro atoms. The largest absolute Gasteiger partial charge is 0.496 e. The first kappa shape index (κ1) is 12.9. The van der Waals surface area contributed by atoms with Crippen molar-refractivity contribution in [2.24, 2.45) is 0 Å². The molecule has 1 saturated carbocycles. The van der Waals surface area contributed by atoms with Gasteiger partial charge in [-0.15, -0.1) is 0 Å². The summed E-state index contributed by atoms with van der Waals surface area (Å²) in [6.07, 6.45) is 3.78. The van der Waals surface area contributed by atoms with Crippen molar-refractivity contribution in [1.29, 1.82) is 5.26 Å². The van der Waals surface area contributed by atoms with E-state index in [0.717, 1.165) is 36.9 Å². The fraction of sp³-hybridized carbons (Fsp3) is 0.533. The summed E-state index contributed by atoms with van der Waals surface area (Å²) in [5.41, 5.74) is 1.83. The number of rotatable bonds is 6. The standard InChI is InChI=1S/C15H20N2O/c1-3-8-17(14-5-6-14)11-13-9-12(10-16)4-7-15(13)18-2/h4,7,9,14H,3,5-6,8,11H2,1-2H3. The second-order valence-corrected chi connectivity index (χ2v) is 4.84. The quantitative estimate of drug-likeness (QED) is 0.772. The van der Waals surface area contributed by atoms with Crippen LogP contribution in [0.5, 0.6) is 5.75 Å². The van der Waals surface area contributed by atoms with Gasteiger partial charge in [0.15, 0.2) is 0 Å². The summed E-state index contributed by atoms with van der Waals surface area (Å²) in [4.78, 5) is 2.50. The molecule has 1 fully saturated rings. The molecule has 0 N–H and O–H groups in total. The minimum Gasteiger partial charge on any atom is -0.496 e. The summed E-state index contributed by atoms with van der Waals surface area (Å²) in [7, 11) is 1.69. The van der Waals surface area contributed by atoms with Crippen molar-refractivity contribution in [1.82, 2.24) is 4.90 Å². The van der Waals surface area contributed by atoms with E-state index >= 15 is 0 Å². The van der Waals surface area contributed by atoms with Crippen molar-refractivity contribution in [2.75, 3.05) is 13.7 Å². The molecule has 0 unspecified atom stereocenters. The summed E-state index contributed by atoms with van der Waals surface area (Å²) in [5.74, 6) is 0.885. The summed E-state index contributed by atoms with van der Waals surface area (Å²) in [5, 5.41) is 8.98. The molecule has 0 heterocycles. The van der Waals surface area contributed by atoms with Crippen LogP contribution in [0, 0.1) is 11.3 Å².